The molecule has 2 rings (SSSR count). The Balaban J connectivity index is 2.32. The Morgan fingerprint density at radius 3 is 2.79 bits per heavy atom. The molecule has 0 aromatic heterocycles. The Morgan fingerprint density at radius 2 is 2.16 bits per heavy atom. The zero-order valence-electron chi connectivity index (χ0n) is 10.4. The van der Waals surface area contributed by atoms with Crippen LogP contribution in [0.2, 0.25) is 0 Å². The molecule has 19 heavy (non-hydrogen) atoms. The molecule has 1 saturated heterocycles. The van der Waals surface area contributed by atoms with Gasteiger partial charge < -0.3 is 9.47 Å². The first-order chi connectivity index (χ1) is 9.21. The van der Waals surface area contributed by atoms with Crippen LogP contribution in [0, 0.1) is 0 Å². The van der Waals surface area contributed by atoms with Crippen LogP contribution in [0.1, 0.15) is 17.2 Å². The molecule has 104 valence electrons. The number of ether oxygens (including phenoxy) is 2. The maximum absolute atomic E-state index is 11.8. The molecular formula is C13H15Cl2NO3. The van der Waals surface area contributed by atoms with Gasteiger partial charge in [-0.05, 0) is 11.1 Å². The van der Waals surface area contributed by atoms with Crippen molar-refractivity contribution in [2.75, 3.05) is 13.0 Å². The molecule has 1 aromatic rings. The summed E-state index contributed by atoms with van der Waals surface area (Å²) in [5.41, 5.74) is 1.88. The van der Waals surface area contributed by atoms with Crippen LogP contribution in [0.3, 0.4) is 0 Å². The minimum atomic E-state index is -0.710. The van der Waals surface area contributed by atoms with E-state index in [-0.39, 0.29) is 18.1 Å². The summed E-state index contributed by atoms with van der Waals surface area (Å²) in [6.45, 7) is 0. The maximum atomic E-state index is 11.8. The highest BCUT2D eigenvalue weighted by Gasteiger charge is 2.41. The van der Waals surface area contributed by atoms with Gasteiger partial charge in [0.1, 0.15) is 6.23 Å². The third-order valence-electron chi connectivity index (χ3n) is 3.09. The molecule has 1 aliphatic heterocycles. The molecule has 0 bridgehead atoms. The Hall–Kier alpha value is -0.810. The lowest BCUT2D eigenvalue weighted by Crippen LogP contribution is -2.31. The number of alkyl halides is 2. The lowest BCUT2D eigenvalue weighted by atomic mass is 9.97. The van der Waals surface area contributed by atoms with Crippen molar-refractivity contribution in [2.45, 2.75) is 24.3 Å². The quantitative estimate of drug-likeness (QED) is 0.684. The topological polar surface area (TPSA) is 47.6 Å². The van der Waals surface area contributed by atoms with Crippen molar-refractivity contribution in [3.8, 4) is 0 Å². The van der Waals surface area contributed by atoms with Crippen LogP contribution < -0.4 is 5.32 Å². The van der Waals surface area contributed by atoms with Crippen molar-refractivity contribution >= 4 is 29.2 Å². The van der Waals surface area contributed by atoms with E-state index < -0.39 is 12.1 Å². The summed E-state index contributed by atoms with van der Waals surface area (Å²) in [7, 11) is 1.34. The molecule has 0 aliphatic carbocycles. The fourth-order valence-electron chi connectivity index (χ4n) is 2.18. The van der Waals surface area contributed by atoms with E-state index in [1.54, 1.807) is 0 Å². The molecule has 1 heterocycles. The molecule has 1 aromatic carbocycles. The van der Waals surface area contributed by atoms with Crippen LogP contribution in [0.25, 0.3) is 0 Å². The lowest BCUT2D eigenvalue weighted by Gasteiger charge is -2.18. The van der Waals surface area contributed by atoms with E-state index in [4.69, 9.17) is 32.7 Å². The van der Waals surface area contributed by atoms with Gasteiger partial charge in [0.25, 0.3) is 0 Å². The summed E-state index contributed by atoms with van der Waals surface area (Å²) >= 11 is 11.7. The fraction of sp³-hybridized carbons (Fsp3) is 0.462. The van der Waals surface area contributed by atoms with Crippen molar-refractivity contribution in [3.63, 3.8) is 0 Å². The van der Waals surface area contributed by atoms with Gasteiger partial charge in [0.2, 0.25) is 0 Å². The smallest absolute Gasteiger partial charge is 0.337 e. The highest BCUT2D eigenvalue weighted by atomic mass is 35.5. The van der Waals surface area contributed by atoms with E-state index in [1.165, 1.54) is 7.11 Å². The van der Waals surface area contributed by atoms with Gasteiger partial charge in [0.15, 0.2) is 6.10 Å². The second kappa shape index (κ2) is 6.57. The highest BCUT2D eigenvalue weighted by molar-refractivity contribution is 6.18. The zero-order valence-corrected chi connectivity index (χ0v) is 11.9. The van der Waals surface area contributed by atoms with Gasteiger partial charge in [-0.25, -0.2) is 4.79 Å². The van der Waals surface area contributed by atoms with E-state index in [2.05, 4.69) is 5.32 Å². The predicted octanol–water partition coefficient (Wildman–Crippen LogP) is 2.19. The Bertz CT molecular complexity index is 455. The van der Waals surface area contributed by atoms with E-state index >= 15 is 0 Å². The van der Waals surface area contributed by atoms with Gasteiger partial charge in [-0.1, -0.05) is 24.3 Å². The van der Waals surface area contributed by atoms with Gasteiger partial charge in [-0.2, -0.15) is 0 Å². The van der Waals surface area contributed by atoms with Crippen LogP contribution in [0.5, 0.6) is 0 Å². The molecule has 6 heteroatoms. The predicted molar refractivity (Wildman–Crippen MR) is 73.3 cm³/mol. The third-order valence-corrected chi connectivity index (χ3v) is 3.66. The fourth-order valence-corrected chi connectivity index (χ4v) is 2.59. The average Bonchev–Trinajstić information content (AvgIpc) is 2.90. The summed E-state index contributed by atoms with van der Waals surface area (Å²) in [6.07, 6.45) is -1.09. The van der Waals surface area contributed by atoms with E-state index in [0.29, 0.717) is 5.88 Å². The number of nitrogens with one attached hydrogen (secondary N) is 1. The van der Waals surface area contributed by atoms with E-state index in [0.717, 1.165) is 11.1 Å². The minimum Gasteiger partial charge on any atom is -0.467 e. The lowest BCUT2D eigenvalue weighted by molar-refractivity contribution is -0.153. The highest BCUT2D eigenvalue weighted by Crippen LogP contribution is 2.30. The number of hydrogen-bond acceptors (Lipinski definition) is 4. The van der Waals surface area contributed by atoms with Crippen LogP contribution in [0.15, 0.2) is 24.3 Å². The molecule has 1 unspecified atom stereocenters. The zero-order chi connectivity index (χ0) is 13.8. The van der Waals surface area contributed by atoms with Crippen molar-refractivity contribution in [1.82, 2.24) is 5.32 Å². The molecule has 1 fully saturated rings. The number of esters is 1. The second-order valence-corrected chi connectivity index (χ2v) is 4.78. The molecule has 0 spiro atoms. The van der Waals surface area contributed by atoms with Gasteiger partial charge >= 0.3 is 5.97 Å². The Labute approximate surface area is 122 Å². The average molecular weight is 304 g/mol. The van der Waals surface area contributed by atoms with E-state index in [9.17, 15) is 4.79 Å². The summed E-state index contributed by atoms with van der Waals surface area (Å²) in [5, 5.41) is 3.18. The summed E-state index contributed by atoms with van der Waals surface area (Å²) in [4.78, 5) is 11.8. The van der Waals surface area contributed by atoms with Gasteiger partial charge in [0.05, 0.1) is 19.0 Å². The van der Waals surface area contributed by atoms with Crippen molar-refractivity contribution in [2.24, 2.45) is 0 Å². The first kappa shape index (κ1) is 14.6. The van der Waals surface area contributed by atoms with Gasteiger partial charge in [-0.15, -0.1) is 23.2 Å². The molecule has 0 saturated carbocycles. The summed E-state index contributed by atoms with van der Waals surface area (Å²) < 4.78 is 10.3. The maximum Gasteiger partial charge on any atom is 0.337 e. The molecule has 0 amide bonds. The molecule has 1 N–H and O–H groups in total. The summed E-state index contributed by atoms with van der Waals surface area (Å²) in [5.74, 6) is 0.204. The number of benzene rings is 1. The molecule has 4 nitrogen and oxygen atoms in total. The standard InChI is InChI=1S/C13H15Cl2NO3/c1-18-13(17)12-11(16-10(7-15)19-12)9-5-3-2-4-8(9)6-14/h2-5,10-12,16H,6-7H2,1H3/t10?,11-,12+/m0/s1. The monoisotopic (exact) mass is 303 g/mol. The van der Waals surface area contributed by atoms with E-state index in [1.807, 2.05) is 24.3 Å². The minimum absolute atomic E-state index is 0.257. The molecule has 3 atom stereocenters. The van der Waals surface area contributed by atoms with Crippen molar-refractivity contribution in [1.29, 1.82) is 0 Å². The van der Waals surface area contributed by atoms with Crippen LogP contribution in [0.4, 0.5) is 0 Å². The molecule has 0 radical (unpaired) electrons. The summed E-state index contributed by atoms with van der Waals surface area (Å²) in [6, 6.07) is 7.35. The first-order valence-electron chi connectivity index (χ1n) is 5.90. The van der Waals surface area contributed by atoms with Gasteiger partial charge in [0, 0.05) is 5.88 Å². The number of carbonyl (C=O) groups is 1. The molecular weight excluding hydrogens is 289 g/mol. The van der Waals surface area contributed by atoms with Crippen molar-refractivity contribution in [3.05, 3.63) is 35.4 Å². The number of rotatable bonds is 4. The molecule has 1 aliphatic rings. The van der Waals surface area contributed by atoms with Crippen LogP contribution in [-0.2, 0) is 20.1 Å². The third kappa shape index (κ3) is 3.03. The normalized spacial score (nSPS) is 26.4. The number of carbonyl (C=O) groups excluding carboxylic acids is 1. The number of halogens is 2. The Kier molecular flexibility index (Phi) is 5.05. The number of methoxy groups -OCH3 is 1. The first-order valence-corrected chi connectivity index (χ1v) is 6.97. The second-order valence-electron chi connectivity index (χ2n) is 4.20. The number of hydrogen-bond donors (Lipinski definition) is 1. The van der Waals surface area contributed by atoms with Crippen molar-refractivity contribution < 1.29 is 14.3 Å². The van der Waals surface area contributed by atoms with Crippen LogP contribution >= 0.6 is 23.2 Å². The largest absolute Gasteiger partial charge is 0.467 e. The SMILES string of the molecule is COC(=O)[C@@H]1OC(CCl)N[C@H]1c1ccccc1CCl. The Morgan fingerprint density at radius 1 is 1.42 bits per heavy atom. The van der Waals surface area contributed by atoms with Crippen LogP contribution in [-0.4, -0.2) is 31.3 Å². The van der Waals surface area contributed by atoms with Gasteiger partial charge in [-0.3, -0.25) is 5.32 Å².